The third-order valence-corrected chi connectivity index (χ3v) is 9.13. The number of fused-ring (bicyclic) bond motifs is 1. The largest absolute Gasteiger partial charge is 0.236 e. The Hall–Kier alpha value is -5.71. The van der Waals surface area contributed by atoms with Crippen LogP contribution in [0.4, 0.5) is 0 Å². The van der Waals surface area contributed by atoms with E-state index in [-0.39, 0.29) is 0 Å². The maximum atomic E-state index is 5.07. The van der Waals surface area contributed by atoms with E-state index < -0.39 is 0 Å². The second-order valence-electron chi connectivity index (χ2n) is 10.9. The molecule has 0 spiro atoms. The van der Waals surface area contributed by atoms with E-state index in [0.717, 1.165) is 49.7 Å². The molecule has 0 aliphatic rings. The minimum Gasteiger partial charge on any atom is -0.236 e. The second-order valence-corrected chi connectivity index (χ2v) is 11.9. The van der Waals surface area contributed by atoms with Crippen molar-refractivity contribution in [3.05, 3.63) is 164 Å². The van der Waals surface area contributed by atoms with E-state index in [2.05, 4.69) is 133 Å². The van der Waals surface area contributed by atoms with Crippen molar-refractivity contribution in [1.29, 1.82) is 0 Å². The Morgan fingerprint density at radius 2 is 0.844 bits per heavy atom. The highest BCUT2D eigenvalue weighted by Crippen LogP contribution is 2.37. The standard InChI is InChI=1S/C41H27N3S/c1-4-11-28(12-5-1)29-19-23-32(24-20-29)38-27-37(31-13-6-2-7-14-31)42-40(43-38)33-25-21-30(22-26-33)35-17-10-18-36-39(35)45-41(44-36)34-15-8-3-9-16-34/h1-27H. The normalized spacial score (nSPS) is 11.1. The van der Waals surface area contributed by atoms with Crippen molar-refractivity contribution in [2.45, 2.75) is 0 Å². The average Bonchev–Trinajstić information content (AvgIpc) is 3.58. The molecule has 0 N–H and O–H groups in total. The zero-order valence-corrected chi connectivity index (χ0v) is 25.2. The molecule has 0 bridgehead atoms. The van der Waals surface area contributed by atoms with Gasteiger partial charge in [0.15, 0.2) is 5.82 Å². The summed E-state index contributed by atoms with van der Waals surface area (Å²) in [5.41, 5.74) is 11.7. The van der Waals surface area contributed by atoms with Crippen LogP contribution in [-0.2, 0) is 0 Å². The molecule has 0 fully saturated rings. The third kappa shape index (κ3) is 5.44. The molecule has 0 atom stereocenters. The Morgan fingerprint density at radius 1 is 0.356 bits per heavy atom. The number of benzene rings is 6. The summed E-state index contributed by atoms with van der Waals surface area (Å²) in [5, 5.41) is 1.03. The highest BCUT2D eigenvalue weighted by molar-refractivity contribution is 7.22. The van der Waals surface area contributed by atoms with Crippen LogP contribution in [-0.4, -0.2) is 15.0 Å². The molecule has 0 saturated carbocycles. The highest BCUT2D eigenvalue weighted by Gasteiger charge is 2.14. The fourth-order valence-electron chi connectivity index (χ4n) is 5.62. The van der Waals surface area contributed by atoms with Crippen LogP contribution in [0, 0.1) is 0 Å². The Balaban J connectivity index is 1.17. The Bertz CT molecular complexity index is 2220. The lowest BCUT2D eigenvalue weighted by molar-refractivity contribution is 1.18. The Labute approximate surface area is 266 Å². The molecule has 212 valence electrons. The van der Waals surface area contributed by atoms with Crippen molar-refractivity contribution < 1.29 is 0 Å². The van der Waals surface area contributed by atoms with Gasteiger partial charge in [0.05, 0.1) is 21.6 Å². The lowest BCUT2D eigenvalue weighted by Crippen LogP contribution is -1.96. The summed E-state index contributed by atoms with van der Waals surface area (Å²) in [6.45, 7) is 0. The molecule has 6 aromatic carbocycles. The third-order valence-electron chi connectivity index (χ3n) is 7.97. The van der Waals surface area contributed by atoms with Gasteiger partial charge in [-0.1, -0.05) is 152 Å². The summed E-state index contributed by atoms with van der Waals surface area (Å²) in [5.74, 6) is 0.701. The predicted molar refractivity (Wildman–Crippen MR) is 188 cm³/mol. The lowest BCUT2D eigenvalue weighted by atomic mass is 10.0. The zero-order chi connectivity index (χ0) is 30.0. The number of thiazole rings is 1. The van der Waals surface area contributed by atoms with Crippen molar-refractivity contribution in [3.8, 4) is 66.7 Å². The Kier molecular flexibility index (Phi) is 7.02. The van der Waals surface area contributed by atoms with Gasteiger partial charge < -0.3 is 0 Å². The molecule has 0 radical (unpaired) electrons. The molecule has 0 aliphatic heterocycles. The quantitative estimate of drug-likeness (QED) is 0.192. The van der Waals surface area contributed by atoms with E-state index in [1.807, 2.05) is 30.3 Å². The van der Waals surface area contributed by atoms with Crippen LogP contribution in [0.25, 0.3) is 76.9 Å². The maximum Gasteiger partial charge on any atom is 0.160 e. The summed E-state index contributed by atoms with van der Waals surface area (Å²) in [6, 6.07) is 56.7. The minimum absolute atomic E-state index is 0.701. The average molecular weight is 594 g/mol. The van der Waals surface area contributed by atoms with Gasteiger partial charge in [-0.2, -0.15) is 0 Å². The molecule has 0 aliphatic carbocycles. The van der Waals surface area contributed by atoms with Crippen LogP contribution in [0.1, 0.15) is 0 Å². The predicted octanol–water partition coefficient (Wildman–Crippen LogP) is 11.1. The first-order valence-electron chi connectivity index (χ1n) is 14.9. The van der Waals surface area contributed by atoms with E-state index in [0.29, 0.717) is 5.82 Å². The maximum absolute atomic E-state index is 5.07. The van der Waals surface area contributed by atoms with Crippen LogP contribution in [0.5, 0.6) is 0 Å². The topological polar surface area (TPSA) is 38.7 Å². The zero-order valence-electron chi connectivity index (χ0n) is 24.3. The molecule has 45 heavy (non-hydrogen) atoms. The lowest BCUT2D eigenvalue weighted by Gasteiger charge is -2.11. The van der Waals surface area contributed by atoms with Crippen molar-refractivity contribution >= 4 is 21.6 Å². The Morgan fingerprint density at radius 3 is 1.49 bits per heavy atom. The summed E-state index contributed by atoms with van der Waals surface area (Å²) in [7, 11) is 0. The summed E-state index contributed by atoms with van der Waals surface area (Å²) in [4.78, 5) is 15.0. The first kappa shape index (κ1) is 26.9. The molecule has 0 amide bonds. The summed E-state index contributed by atoms with van der Waals surface area (Å²) >= 11 is 1.74. The molecule has 8 aromatic rings. The summed E-state index contributed by atoms with van der Waals surface area (Å²) < 4.78 is 1.19. The van der Waals surface area contributed by atoms with Crippen molar-refractivity contribution in [2.24, 2.45) is 0 Å². The molecular weight excluding hydrogens is 567 g/mol. The van der Waals surface area contributed by atoms with E-state index >= 15 is 0 Å². The van der Waals surface area contributed by atoms with Crippen LogP contribution in [0.3, 0.4) is 0 Å². The van der Waals surface area contributed by atoms with Crippen LogP contribution in [0.2, 0.25) is 0 Å². The number of hydrogen-bond donors (Lipinski definition) is 0. The molecule has 0 unspecified atom stereocenters. The number of aromatic nitrogens is 3. The van der Waals surface area contributed by atoms with Crippen molar-refractivity contribution in [2.75, 3.05) is 0 Å². The molecule has 3 nitrogen and oxygen atoms in total. The number of nitrogens with zero attached hydrogens (tertiary/aromatic N) is 3. The fraction of sp³-hybridized carbons (Fsp3) is 0. The van der Waals surface area contributed by atoms with Gasteiger partial charge in [0, 0.05) is 27.8 Å². The van der Waals surface area contributed by atoms with E-state index in [1.165, 1.54) is 21.4 Å². The number of hydrogen-bond acceptors (Lipinski definition) is 4. The van der Waals surface area contributed by atoms with Gasteiger partial charge in [-0.3, -0.25) is 0 Å². The van der Waals surface area contributed by atoms with E-state index in [4.69, 9.17) is 15.0 Å². The molecule has 0 saturated heterocycles. The van der Waals surface area contributed by atoms with Gasteiger partial charge in [-0.15, -0.1) is 11.3 Å². The van der Waals surface area contributed by atoms with Crippen LogP contribution < -0.4 is 0 Å². The number of rotatable bonds is 6. The van der Waals surface area contributed by atoms with Gasteiger partial charge in [-0.25, -0.2) is 15.0 Å². The van der Waals surface area contributed by atoms with Gasteiger partial charge >= 0.3 is 0 Å². The SMILES string of the molecule is c1ccc(-c2ccc(-c3cc(-c4ccccc4)nc(-c4ccc(-c5cccc6nc(-c7ccccc7)sc56)cc4)n3)cc2)cc1. The van der Waals surface area contributed by atoms with Crippen molar-refractivity contribution in [3.63, 3.8) is 0 Å². The van der Waals surface area contributed by atoms with Gasteiger partial charge in [-0.05, 0) is 28.8 Å². The summed E-state index contributed by atoms with van der Waals surface area (Å²) in [6.07, 6.45) is 0. The molecule has 8 rings (SSSR count). The molecular formula is C41H27N3S. The first-order valence-corrected chi connectivity index (χ1v) is 15.8. The first-order chi connectivity index (χ1) is 22.3. The molecule has 2 heterocycles. The minimum atomic E-state index is 0.701. The van der Waals surface area contributed by atoms with Crippen LogP contribution >= 0.6 is 11.3 Å². The van der Waals surface area contributed by atoms with Crippen LogP contribution in [0.15, 0.2) is 164 Å². The van der Waals surface area contributed by atoms with E-state index in [1.54, 1.807) is 11.3 Å². The van der Waals surface area contributed by atoms with Gasteiger partial charge in [0.2, 0.25) is 0 Å². The molecule has 2 aromatic heterocycles. The van der Waals surface area contributed by atoms with Gasteiger partial charge in [0.25, 0.3) is 0 Å². The molecule has 4 heteroatoms. The smallest absolute Gasteiger partial charge is 0.160 e. The highest BCUT2D eigenvalue weighted by atomic mass is 32.1. The monoisotopic (exact) mass is 593 g/mol. The fourth-order valence-corrected chi connectivity index (χ4v) is 6.73. The second kappa shape index (κ2) is 11.8. The van der Waals surface area contributed by atoms with Crippen molar-refractivity contribution in [1.82, 2.24) is 15.0 Å². The van der Waals surface area contributed by atoms with E-state index in [9.17, 15) is 0 Å². The van der Waals surface area contributed by atoms with Gasteiger partial charge in [0.1, 0.15) is 5.01 Å².